The number of hydrogen-bond donors (Lipinski definition) is 2. The highest BCUT2D eigenvalue weighted by Crippen LogP contribution is 1.72. The first-order valence-corrected chi connectivity index (χ1v) is 2.92. The molecule has 0 amide bonds. The highest BCUT2D eigenvalue weighted by molar-refractivity contribution is 5.85. The SMILES string of the molecule is COCCOCCNN.Cl. The topological polar surface area (TPSA) is 56.5 Å². The van der Waals surface area contributed by atoms with Crippen LogP contribution in [0.3, 0.4) is 0 Å². The van der Waals surface area contributed by atoms with E-state index in [1.54, 1.807) is 7.11 Å². The van der Waals surface area contributed by atoms with Crippen LogP contribution in [0.2, 0.25) is 0 Å². The van der Waals surface area contributed by atoms with Gasteiger partial charge in [-0.25, -0.2) is 0 Å². The van der Waals surface area contributed by atoms with E-state index in [0.717, 1.165) is 0 Å². The van der Waals surface area contributed by atoms with Crippen LogP contribution in [0, 0.1) is 0 Å². The van der Waals surface area contributed by atoms with Crippen molar-refractivity contribution >= 4 is 12.4 Å². The zero-order valence-corrected chi connectivity index (χ0v) is 6.95. The Balaban J connectivity index is 0. The monoisotopic (exact) mass is 170 g/mol. The molecule has 0 saturated carbocycles. The third kappa shape index (κ3) is 11.0. The van der Waals surface area contributed by atoms with Crippen LogP contribution in [0.1, 0.15) is 0 Å². The summed E-state index contributed by atoms with van der Waals surface area (Å²) in [7, 11) is 1.64. The Hall–Kier alpha value is 0.130. The summed E-state index contributed by atoms with van der Waals surface area (Å²) < 4.78 is 9.79. The summed E-state index contributed by atoms with van der Waals surface area (Å²) in [6.45, 7) is 2.60. The van der Waals surface area contributed by atoms with E-state index in [4.69, 9.17) is 15.3 Å². The molecule has 0 spiro atoms. The fourth-order valence-electron chi connectivity index (χ4n) is 0.375. The number of rotatable bonds is 6. The smallest absolute Gasteiger partial charge is 0.0700 e. The van der Waals surface area contributed by atoms with Crippen LogP contribution >= 0.6 is 12.4 Å². The molecule has 64 valence electrons. The Morgan fingerprint density at radius 2 is 2.00 bits per heavy atom. The molecule has 0 saturated heterocycles. The van der Waals surface area contributed by atoms with Crippen molar-refractivity contribution < 1.29 is 9.47 Å². The average molecular weight is 171 g/mol. The molecule has 0 rings (SSSR count). The number of methoxy groups -OCH3 is 1. The highest BCUT2D eigenvalue weighted by atomic mass is 35.5. The third-order valence-corrected chi connectivity index (χ3v) is 0.823. The Morgan fingerprint density at radius 1 is 1.30 bits per heavy atom. The lowest BCUT2D eigenvalue weighted by Gasteiger charge is -2.00. The summed E-state index contributed by atoms with van der Waals surface area (Å²) >= 11 is 0. The van der Waals surface area contributed by atoms with Gasteiger partial charge in [-0.2, -0.15) is 0 Å². The maximum atomic E-state index is 5.05. The van der Waals surface area contributed by atoms with Crippen LogP contribution in [0.15, 0.2) is 0 Å². The van der Waals surface area contributed by atoms with Gasteiger partial charge in [0, 0.05) is 13.7 Å². The minimum absolute atomic E-state index is 0. The molecule has 0 aliphatic carbocycles. The van der Waals surface area contributed by atoms with Gasteiger partial charge < -0.3 is 9.47 Å². The summed E-state index contributed by atoms with van der Waals surface area (Å²) in [4.78, 5) is 0. The zero-order chi connectivity index (χ0) is 6.95. The van der Waals surface area contributed by atoms with E-state index in [0.29, 0.717) is 26.4 Å². The van der Waals surface area contributed by atoms with Crippen LogP contribution in [-0.2, 0) is 9.47 Å². The predicted molar refractivity (Wildman–Crippen MR) is 42.1 cm³/mol. The van der Waals surface area contributed by atoms with E-state index in [1.807, 2.05) is 0 Å². The minimum Gasteiger partial charge on any atom is -0.382 e. The largest absolute Gasteiger partial charge is 0.382 e. The number of nitrogens with one attached hydrogen (secondary N) is 1. The quantitative estimate of drug-likeness (QED) is 0.322. The van der Waals surface area contributed by atoms with Crippen molar-refractivity contribution in [2.75, 3.05) is 33.5 Å². The molecule has 0 aromatic carbocycles. The molecule has 0 bridgehead atoms. The molecule has 0 aliphatic heterocycles. The lowest BCUT2D eigenvalue weighted by molar-refractivity contribution is 0.0721. The van der Waals surface area contributed by atoms with E-state index < -0.39 is 0 Å². The molecule has 3 N–H and O–H groups in total. The standard InChI is InChI=1S/C5H14N2O2.ClH/c1-8-4-5-9-3-2-7-6;/h7H,2-6H2,1H3;1H. The molecule has 0 radical (unpaired) electrons. The molecule has 0 aromatic heterocycles. The molecule has 4 nitrogen and oxygen atoms in total. The second-order valence-corrected chi connectivity index (χ2v) is 1.56. The fraction of sp³-hybridized carbons (Fsp3) is 1.00. The van der Waals surface area contributed by atoms with Crippen LogP contribution in [0.4, 0.5) is 0 Å². The number of hydrazine groups is 1. The van der Waals surface area contributed by atoms with Crippen LogP contribution in [-0.4, -0.2) is 33.5 Å². The van der Waals surface area contributed by atoms with Gasteiger partial charge >= 0.3 is 0 Å². The van der Waals surface area contributed by atoms with Crippen molar-refractivity contribution in [1.29, 1.82) is 0 Å². The zero-order valence-electron chi connectivity index (χ0n) is 6.13. The highest BCUT2D eigenvalue weighted by Gasteiger charge is 1.83. The van der Waals surface area contributed by atoms with Crippen molar-refractivity contribution in [2.24, 2.45) is 5.84 Å². The van der Waals surface area contributed by atoms with Crippen molar-refractivity contribution in [2.45, 2.75) is 0 Å². The lowest BCUT2D eigenvalue weighted by Crippen LogP contribution is -2.26. The molecule has 0 fully saturated rings. The van der Waals surface area contributed by atoms with Gasteiger partial charge in [-0.15, -0.1) is 12.4 Å². The van der Waals surface area contributed by atoms with Crippen molar-refractivity contribution in [1.82, 2.24) is 5.43 Å². The summed E-state index contributed by atoms with van der Waals surface area (Å²) in [6, 6.07) is 0. The Labute approximate surface area is 67.4 Å². The molecule has 10 heavy (non-hydrogen) atoms. The van der Waals surface area contributed by atoms with Crippen LogP contribution in [0.5, 0.6) is 0 Å². The summed E-state index contributed by atoms with van der Waals surface area (Å²) in [6.07, 6.45) is 0. The Kier molecular flexibility index (Phi) is 15.2. The summed E-state index contributed by atoms with van der Waals surface area (Å²) in [5.74, 6) is 4.98. The number of ether oxygens (including phenoxy) is 2. The van der Waals surface area contributed by atoms with Crippen LogP contribution < -0.4 is 11.3 Å². The van der Waals surface area contributed by atoms with Crippen molar-refractivity contribution in [3.8, 4) is 0 Å². The lowest BCUT2D eigenvalue weighted by atomic mass is 10.7. The van der Waals surface area contributed by atoms with Gasteiger partial charge in [-0.05, 0) is 0 Å². The number of hydrogen-bond acceptors (Lipinski definition) is 4. The maximum absolute atomic E-state index is 5.05. The number of nitrogens with two attached hydrogens (primary N) is 1. The average Bonchev–Trinajstić information content (AvgIpc) is 1.89. The van der Waals surface area contributed by atoms with E-state index >= 15 is 0 Å². The van der Waals surface area contributed by atoms with E-state index in [2.05, 4.69) is 5.43 Å². The van der Waals surface area contributed by atoms with Gasteiger partial charge in [-0.1, -0.05) is 0 Å². The molecule has 5 heteroatoms. The first-order chi connectivity index (χ1) is 4.41. The molecule has 0 aromatic rings. The molecular weight excluding hydrogens is 156 g/mol. The van der Waals surface area contributed by atoms with Gasteiger partial charge in [-0.3, -0.25) is 11.3 Å². The van der Waals surface area contributed by atoms with Crippen LogP contribution in [0.25, 0.3) is 0 Å². The first kappa shape index (κ1) is 12.8. The fourth-order valence-corrected chi connectivity index (χ4v) is 0.375. The van der Waals surface area contributed by atoms with Crippen molar-refractivity contribution in [3.05, 3.63) is 0 Å². The second-order valence-electron chi connectivity index (χ2n) is 1.56. The van der Waals surface area contributed by atoms with Crippen molar-refractivity contribution in [3.63, 3.8) is 0 Å². The maximum Gasteiger partial charge on any atom is 0.0700 e. The molecule has 0 aliphatic rings. The molecule has 0 heterocycles. The first-order valence-electron chi connectivity index (χ1n) is 2.92. The van der Waals surface area contributed by atoms with E-state index in [-0.39, 0.29) is 12.4 Å². The second kappa shape index (κ2) is 11.9. The van der Waals surface area contributed by atoms with E-state index in [9.17, 15) is 0 Å². The Bertz CT molecular complexity index is 50.9. The predicted octanol–water partition coefficient (Wildman–Crippen LogP) is -0.465. The van der Waals surface area contributed by atoms with Gasteiger partial charge in [0.15, 0.2) is 0 Å². The third-order valence-electron chi connectivity index (χ3n) is 0.823. The Morgan fingerprint density at radius 3 is 2.50 bits per heavy atom. The molecule has 0 unspecified atom stereocenters. The summed E-state index contributed by atoms with van der Waals surface area (Å²) in [5, 5.41) is 0. The molecule has 0 atom stereocenters. The normalized spacial score (nSPS) is 9.00. The van der Waals surface area contributed by atoms with Gasteiger partial charge in [0.05, 0.1) is 19.8 Å². The van der Waals surface area contributed by atoms with Gasteiger partial charge in [0.2, 0.25) is 0 Å². The van der Waals surface area contributed by atoms with Gasteiger partial charge in [0.1, 0.15) is 0 Å². The van der Waals surface area contributed by atoms with Gasteiger partial charge in [0.25, 0.3) is 0 Å². The van der Waals surface area contributed by atoms with E-state index in [1.165, 1.54) is 0 Å². The summed E-state index contributed by atoms with van der Waals surface area (Å²) in [5.41, 5.74) is 2.48. The number of halogens is 1. The minimum atomic E-state index is 0. The molecular formula is C5H15ClN2O2.